The quantitative estimate of drug-likeness (QED) is 0.813. The van der Waals surface area contributed by atoms with Crippen LogP contribution in [0.5, 0.6) is 11.5 Å². The number of benzene rings is 2. The molecule has 2 aromatic carbocycles. The number of piperidine rings is 1. The first-order chi connectivity index (χ1) is 12.9. The molecule has 27 heavy (non-hydrogen) atoms. The Labute approximate surface area is 160 Å². The van der Waals surface area contributed by atoms with Crippen molar-refractivity contribution in [3.8, 4) is 11.5 Å². The van der Waals surface area contributed by atoms with Crippen LogP contribution in [0.1, 0.15) is 61.4 Å². The van der Waals surface area contributed by atoms with E-state index in [1.165, 1.54) is 6.42 Å². The zero-order valence-corrected chi connectivity index (χ0v) is 16.2. The van der Waals surface area contributed by atoms with Gasteiger partial charge in [0.1, 0.15) is 17.2 Å². The van der Waals surface area contributed by atoms with Gasteiger partial charge in [0.25, 0.3) is 0 Å². The van der Waals surface area contributed by atoms with Crippen LogP contribution in [-0.4, -0.2) is 29.7 Å². The molecular weight excluding hydrogens is 341 g/mol. The number of alkyl halides is 1. The molecule has 2 heterocycles. The Kier molecular flexibility index (Phi) is 4.85. The number of phenols is 1. The standard InChI is InChI=1S/C23H28FNO2/c1-23(2,24)18-8-6-16(7-9-18)22(25-11-4-3-5-12-25)19-15-21-17(10-13-27-21)14-20(19)26/h6-9,14-15,22,26H,3-5,10-13H2,1-2H3. The summed E-state index contributed by atoms with van der Waals surface area (Å²) in [5, 5.41) is 10.8. The van der Waals surface area contributed by atoms with Gasteiger partial charge in [0.05, 0.1) is 12.6 Å². The summed E-state index contributed by atoms with van der Waals surface area (Å²) in [5.74, 6) is 1.20. The fourth-order valence-corrected chi connectivity index (χ4v) is 4.27. The summed E-state index contributed by atoms with van der Waals surface area (Å²) in [7, 11) is 0. The van der Waals surface area contributed by atoms with Crippen LogP contribution in [0.2, 0.25) is 0 Å². The lowest BCUT2D eigenvalue weighted by Gasteiger charge is -2.36. The topological polar surface area (TPSA) is 32.7 Å². The number of fused-ring (bicyclic) bond motifs is 1. The molecule has 1 N–H and O–H groups in total. The number of phenolic OH excluding ortho intramolecular Hbond substituents is 1. The van der Waals surface area contributed by atoms with Crippen molar-refractivity contribution < 1.29 is 14.2 Å². The smallest absolute Gasteiger partial charge is 0.130 e. The molecule has 1 unspecified atom stereocenters. The van der Waals surface area contributed by atoms with Gasteiger partial charge < -0.3 is 9.84 Å². The summed E-state index contributed by atoms with van der Waals surface area (Å²) in [6.45, 7) is 5.82. The first-order valence-corrected chi connectivity index (χ1v) is 9.95. The Morgan fingerprint density at radius 2 is 1.78 bits per heavy atom. The molecule has 0 bridgehead atoms. The van der Waals surface area contributed by atoms with E-state index < -0.39 is 5.67 Å². The van der Waals surface area contributed by atoms with Crippen LogP contribution in [0, 0.1) is 0 Å². The van der Waals surface area contributed by atoms with Crippen LogP contribution in [0.4, 0.5) is 4.39 Å². The van der Waals surface area contributed by atoms with Crippen LogP contribution < -0.4 is 4.74 Å². The van der Waals surface area contributed by atoms with Gasteiger partial charge in [-0.15, -0.1) is 0 Å². The van der Waals surface area contributed by atoms with Crippen LogP contribution in [-0.2, 0) is 12.1 Å². The lowest BCUT2D eigenvalue weighted by molar-refractivity contribution is 0.184. The summed E-state index contributed by atoms with van der Waals surface area (Å²) in [5.41, 5.74) is 2.35. The molecule has 2 aliphatic rings. The van der Waals surface area contributed by atoms with Gasteiger partial charge in [0, 0.05) is 17.5 Å². The highest BCUT2D eigenvalue weighted by Crippen LogP contribution is 2.41. The third-order valence-electron chi connectivity index (χ3n) is 5.80. The fourth-order valence-electron chi connectivity index (χ4n) is 4.27. The van der Waals surface area contributed by atoms with E-state index in [-0.39, 0.29) is 6.04 Å². The molecule has 0 spiro atoms. The van der Waals surface area contributed by atoms with E-state index in [4.69, 9.17) is 4.74 Å². The van der Waals surface area contributed by atoms with E-state index in [1.807, 2.05) is 36.4 Å². The average molecular weight is 369 g/mol. The Balaban J connectivity index is 1.76. The number of nitrogens with zero attached hydrogens (tertiary/aromatic N) is 1. The first kappa shape index (κ1) is 18.3. The third kappa shape index (κ3) is 3.68. The average Bonchev–Trinajstić information content (AvgIpc) is 3.10. The number of rotatable bonds is 4. The molecule has 1 fully saturated rings. The Bertz CT molecular complexity index is 804. The molecule has 1 saturated heterocycles. The number of hydrogen-bond acceptors (Lipinski definition) is 3. The van der Waals surface area contributed by atoms with Crippen molar-refractivity contribution in [1.29, 1.82) is 0 Å². The largest absolute Gasteiger partial charge is 0.508 e. The highest BCUT2D eigenvalue weighted by molar-refractivity contribution is 5.51. The second kappa shape index (κ2) is 7.16. The highest BCUT2D eigenvalue weighted by atomic mass is 19.1. The first-order valence-electron chi connectivity index (χ1n) is 9.95. The van der Waals surface area contributed by atoms with Gasteiger partial charge in [0.2, 0.25) is 0 Å². The Morgan fingerprint density at radius 3 is 2.44 bits per heavy atom. The van der Waals surface area contributed by atoms with Crippen molar-refractivity contribution in [2.24, 2.45) is 0 Å². The minimum Gasteiger partial charge on any atom is -0.508 e. The van der Waals surface area contributed by atoms with Gasteiger partial charge >= 0.3 is 0 Å². The maximum absolute atomic E-state index is 14.3. The summed E-state index contributed by atoms with van der Waals surface area (Å²) < 4.78 is 20.0. The molecule has 1 atom stereocenters. The van der Waals surface area contributed by atoms with Gasteiger partial charge in [0.15, 0.2) is 0 Å². The molecule has 0 saturated carbocycles. The molecule has 4 heteroatoms. The van der Waals surface area contributed by atoms with E-state index in [1.54, 1.807) is 13.8 Å². The monoisotopic (exact) mass is 369 g/mol. The van der Waals surface area contributed by atoms with Crippen molar-refractivity contribution >= 4 is 0 Å². The van der Waals surface area contributed by atoms with Gasteiger partial charge in [-0.25, -0.2) is 4.39 Å². The maximum Gasteiger partial charge on any atom is 0.130 e. The molecule has 2 aliphatic heterocycles. The van der Waals surface area contributed by atoms with Crippen LogP contribution >= 0.6 is 0 Å². The normalized spacial score (nSPS) is 18.8. The second-order valence-corrected chi connectivity index (χ2v) is 8.21. The Morgan fingerprint density at radius 1 is 1.07 bits per heavy atom. The molecule has 0 amide bonds. The summed E-state index contributed by atoms with van der Waals surface area (Å²) in [4.78, 5) is 2.43. The van der Waals surface area contributed by atoms with Gasteiger partial charge in [-0.1, -0.05) is 30.7 Å². The molecule has 0 aliphatic carbocycles. The predicted octanol–water partition coefficient (Wildman–Crippen LogP) is 5.11. The lowest BCUT2D eigenvalue weighted by atomic mass is 9.91. The minimum atomic E-state index is -1.36. The van der Waals surface area contributed by atoms with E-state index in [0.717, 1.165) is 54.8 Å². The van der Waals surface area contributed by atoms with E-state index in [2.05, 4.69) is 4.90 Å². The maximum atomic E-state index is 14.3. The fraction of sp³-hybridized carbons (Fsp3) is 0.478. The number of hydrogen-bond donors (Lipinski definition) is 1. The number of ether oxygens (including phenoxy) is 1. The van der Waals surface area contributed by atoms with Gasteiger partial charge in [-0.2, -0.15) is 0 Å². The van der Waals surface area contributed by atoms with Gasteiger partial charge in [-0.3, -0.25) is 4.90 Å². The zero-order chi connectivity index (χ0) is 19.0. The second-order valence-electron chi connectivity index (χ2n) is 8.21. The molecule has 3 nitrogen and oxygen atoms in total. The van der Waals surface area contributed by atoms with E-state index in [9.17, 15) is 9.50 Å². The van der Waals surface area contributed by atoms with E-state index in [0.29, 0.717) is 17.9 Å². The van der Waals surface area contributed by atoms with Crippen LogP contribution in [0.15, 0.2) is 36.4 Å². The third-order valence-corrected chi connectivity index (χ3v) is 5.80. The number of halogens is 1. The molecule has 144 valence electrons. The van der Waals surface area contributed by atoms with Crippen molar-refractivity contribution in [3.63, 3.8) is 0 Å². The van der Waals surface area contributed by atoms with E-state index >= 15 is 0 Å². The summed E-state index contributed by atoms with van der Waals surface area (Å²) in [6.07, 6.45) is 4.41. The summed E-state index contributed by atoms with van der Waals surface area (Å²) >= 11 is 0. The molecule has 0 radical (unpaired) electrons. The zero-order valence-electron chi connectivity index (χ0n) is 16.2. The molecular formula is C23H28FNO2. The van der Waals surface area contributed by atoms with Crippen molar-refractivity contribution in [3.05, 3.63) is 58.7 Å². The predicted molar refractivity (Wildman–Crippen MR) is 105 cm³/mol. The van der Waals surface area contributed by atoms with Crippen LogP contribution in [0.25, 0.3) is 0 Å². The highest BCUT2D eigenvalue weighted by Gasteiger charge is 2.29. The van der Waals surface area contributed by atoms with Crippen LogP contribution in [0.3, 0.4) is 0 Å². The van der Waals surface area contributed by atoms with Gasteiger partial charge in [-0.05, 0) is 63.0 Å². The SMILES string of the molecule is CC(C)(F)c1ccc(C(c2cc3c(cc2O)CCO3)N2CCCCC2)cc1. The summed E-state index contributed by atoms with van der Waals surface area (Å²) in [6, 6.07) is 11.6. The number of aromatic hydroxyl groups is 1. The number of likely N-dealkylation sites (tertiary alicyclic amines) is 1. The molecule has 4 rings (SSSR count). The Hall–Kier alpha value is -2.07. The lowest BCUT2D eigenvalue weighted by Crippen LogP contribution is -2.34. The molecule has 0 aromatic heterocycles. The van der Waals surface area contributed by atoms with Crippen molar-refractivity contribution in [2.45, 2.75) is 51.2 Å². The molecule has 2 aromatic rings. The minimum absolute atomic E-state index is 0.0448. The van der Waals surface area contributed by atoms with Crippen molar-refractivity contribution in [1.82, 2.24) is 4.90 Å². The van der Waals surface area contributed by atoms with Crippen molar-refractivity contribution in [2.75, 3.05) is 19.7 Å².